The number of fused-ring (bicyclic) bond motifs is 2. The lowest BCUT2D eigenvalue weighted by Gasteiger charge is -2.25. The maximum atomic E-state index is 12.9. The lowest BCUT2D eigenvalue weighted by atomic mass is 9.89. The summed E-state index contributed by atoms with van der Waals surface area (Å²) in [6.07, 6.45) is 2.61. The monoisotopic (exact) mass is 390 g/mol. The predicted octanol–water partition coefficient (Wildman–Crippen LogP) is 1.81. The minimum atomic E-state index is -0.261. The van der Waals surface area contributed by atoms with E-state index in [0.29, 0.717) is 43.0 Å². The van der Waals surface area contributed by atoms with Gasteiger partial charge in [-0.15, -0.1) is 10.2 Å². The van der Waals surface area contributed by atoms with Crippen LogP contribution in [0.2, 0.25) is 0 Å². The summed E-state index contributed by atoms with van der Waals surface area (Å²) in [6, 6.07) is 13.1. The molecule has 0 aliphatic carbocycles. The van der Waals surface area contributed by atoms with Crippen LogP contribution in [0, 0.1) is 11.8 Å². The van der Waals surface area contributed by atoms with Crippen molar-refractivity contribution in [1.82, 2.24) is 24.2 Å². The number of para-hydroxylation sites is 1. The van der Waals surface area contributed by atoms with Gasteiger partial charge in [0.1, 0.15) is 11.5 Å². The number of aryl methyl sites for hydroxylation is 1. The van der Waals surface area contributed by atoms with E-state index in [9.17, 15) is 9.59 Å². The van der Waals surface area contributed by atoms with Gasteiger partial charge in [0.25, 0.3) is 11.8 Å². The van der Waals surface area contributed by atoms with Crippen LogP contribution in [0.25, 0.3) is 0 Å². The summed E-state index contributed by atoms with van der Waals surface area (Å²) in [7, 11) is 1.88. The van der Waals surface area contributed by atoms with Crippen molar-refractivity contribution in [3.05, 3.63) is 66.0 Å². The Bertz CT molecular complexity index is 1070. The molecule has 3 aromatic rings. The number of likely N-dealkylation sites (tertiary alicyclic amines) is 1. The number of hydrogen-bond donors (Lipinski definition) is 1. The molecule has 1 N–H and O–H groups in total. The van der Waals surface area contributed by atoms with Gasteiger partial charge in [-0.05, 0) is 36.1 Å². The van der Waals surface area contributed by atoms with Crippen molar-refractivity contribution in [2.45, 2.75) is 13.0 Å². The zero-order valence-electron chi connectivity index (χ0n) is 16.2. The Morgan fingerprint density at radius 3 is 2.55 bits per heavy atom. The Morgan fingerprint density at radius 1 is 1.00 bits per heavy atom. The number of hydrogen-bond acceptors (Lipinski definition) is 4. The Hall–Kier alpha value is -3.42. The summed E-state index contributed by atoms with van der Waals surface area (Å²) in [6.45, 7) is 2.06. The standard InChI is InChI=1S/C21H22N6O2/c1-25-9-5-8-17(25)21(29)26-11-14-10-18-23-24-19(27(18)13-15(14)12-26)20(28)22-16-6-3-2-4-7-16/h2-9,14-15H,10-13H2,1H3,(H,22,28)/t14-,15-/m0/s1. The van der Waals surface area contributed by atoms with Crippen molar-refractivity contribution >= 4 is 17.5 Å². The summed E-state index contributed by atoms with van der Waals surface area (Å²) in [5, 5.41) is 11.3. The maximum absolute atomic E-state index is 12.9. The van der Waals surface area contributed by atoms with E-state index in [-0.39, 0.29) is 11.8 Å². The van der Waals surface area contributed by atoms with Gasteiger partial charge >= 0.3 is 0 Å². The van der Waals surface area contributed by atoms with Gasteiger partial charge < -0.3 is 19.4 Å². The Kier molecular flexibility index (Phi) is 4.19. The van der Waals surface area contributed by atoms with E-state index >= 15 is 0 Å². The molecule has 29 heavy (non-hydrogen) atoms. The molecule has 0 saturated carbocycles. The predicted molar refractivity (Wildman–Crippen MR) is 106 cm³/mol. The minimum absolute atomic E-state index is 0.0599. The van der Waals surface area contributed by atoms with Crippen LogP contribution in [0.3, 0.4) is 0 Å². The van der Waals surface area contributed by atoms with Gasteiger partial charge in [0, 0.05) is 45.0 Å². The normalized spacial score (nSPS) is 20.2. The second-order valence-electron chi connectivity index (χ2n) is 7.81. The Morgan fingerprint density at radius 2 is 1.79 bits per heavy atom. The lowest BCUT2D eigenvalue weighted by Crippen LogP contribution is -2.31. The summed E-state index contributed by atoms with van der Waals surface area (Å²) in [4.78, 5) is 27.5. The molecule has 1 fully saturated rings. The number of anilines is 1. The molecule has 0 spiro atoms. The van der Waals surface area contributed by atoms with Crippen molar-refractivity contribution in [3.8, 4) is 0 Å². The molecular formula is C21H22N6O2. The molecule has 2 aliphatic heterocycles. The average Bonchev–Trinajstić information content (AvgIpc) is 3.43. The third-order valence-corrected chi connectivity index (χ3v) is 5.95. The van der Waals surface area contributed by atoms with Crippen LogP contribution in [0.1, 0.15) is 26.9 Å². The molecule has 148 valence electrons. The van der Waals surface area contributed by atoms with Crippen molar-refractivity contribution in [3.63, 3.8) is 0 Å². The van der Waals surface area contributed by atoms with Gasteiger partial charge in [-0.3, -0.25) is 9.59 Å². The van der Waals surface area contributed by atoms with E-state index in [4.69, 9.17) is 0 Å². The van der Waals surface area contributed by atoms with Crippen LogP contribution in [0.5, 0.6) is 0 Å². The third kappa shape index (κ3) is 3.10. The van der Waals surface area contributed by atoms with Crippen LogP contribution in [0.15, 0.2) is 48.7 Å². The van der Waals surface area contributed by atoms with E-state index in [1.807, 2.05) is 69.7 Å². The van der Waals surface area contributed by atoms with E-state index in [1.165, 1.54) is 0 Å². The smallest absolute Gasteiger partial charge is 0.293 e. The quantitative estimate of drug-likeness (QED) is 0.739. The first-order valence-electron chi connectivity index (χ1n) is 9.79. The fourth-order valence-corrected chi connectivity index (χ4v) is 4.41. The maximum Gasteiger partial charge on any atom is 0.293 e. The molecule has 5 rings (SSSR count). The molecule has 2 aromatic heterocycles. The fourth-order valence-electron chi connectivity index (χ4n) is 4.41. The number of rotatable bonds is 3. The van der Waals surface area contributed by atoms with E-state index in [2.05, 4.69) is 15.5 Å². The molecule has 1 saturated heterocycles. The molecule has 0 radical (unpaired) electrons. The van der Waals surface area contributed by atoms with Crippen LogP contribution in [-0.2, 0) is 20.0 Å². The van der Waals surface area contributed by atoms with Crippen molar-refractivity contribution in [1.29, 1.82) is 0 Å². The van der Waals surface area contributed by atoms with E-state index < -0.39 is 0 Å². The molecule has 0 unspecified atom stereocenters. The molecule has 8 heteroatoms. The third-order valence-electron chi connectivity index (χ3n) is 5.95. The molecule has 2 amide bonds. The summed E-state index contributed by atoms with van der Waals surface area (Å²) in [5.74, 6) is 1.59. The van der Waals surface area contributed by atoms with Crippen molar-refractivity contribution in [2.75, 3.05) is 18.4 Å². The summed E-state index contributed by atoms with van der Waals surface area (Å²) in [5.41, 5.74) is 1.43. The van der Waals surface area contributed by atoms with Gasteiger partial charge in [-0.1, -0.05) is 18.2 Å². The number of nitrogens with zero attached hydrogens (tertiary/aromatic N) is 5. The number of carbonyl (C=O) groups excluding carboxylic acids is 2. The van der Waals surface area contributed by atoms with Crippen LogP contribution in [0.4, 0.5) is 5.69 Å². The molecule has 8 nitrogen and oxygen atoms in total. The second kappa shape index (κ2) is 6.88. The number of amides is 2. The molecule has 1 aromatic carbocycles. The zero-order valence-corrected chi connectivity index (χ0v) is 16.2. The number of carbonyl (C=O) groups is 2. The Balaban J connectivity index is 1.32. The topological polar surface area (TPSA) is 85.1 Å². The highest BCUT2D eigenvalue weighted by atomic mass is 16.2. The van der Waals surface area contributed by atoms with Crippen LogP contribution < -0.4 is 5.32 Å². The highest BCUT2D eigenvalue weighted by molar-refractivity contribution is 6.01. The van der Waals surface area contributed by atoms with Gasteiger partial charge in [0.2, 0.25) is 5.82 Å². The Labute approximate surface area is 168 Å². The number of nitrogens with one attached hydrogen (secondary N) is 1. The molecule has 2 aliphatic rings. The average molecular weight is 390 g/mol. The molecule has 4 heterocycles. The molecular weight excluding hydrogens is 368 g/mol. The number of benzene rings is 1. The van der Waals surface area contributed by atoms with Crippen LogP contribution >= 0.6 is 0 Å². The molecule has 0 bridgehead atoms. The summed E-state index contributed by atoms with van der Waals surface area (Å²) < 4.78 is 3.77. The highest BCUT2D eigenvalue weighted by Gasteiger charge is 2.41. The summed E-state index contributed by atoms with van der Waals surface area (Å²) >= 11 is 0. The first-order valence-corrected chi connectivity index (χ1v) is 9.79. The fraction of sp³-hybridized carbons (Fsp3) is 0.333. The van der Waals surface area contributed by atoms with Crippen molar-refractivity contribution < 1.29 is 9.59 Å². The first-order chi connectivity index (χ1) is 14.1. The second-order valence-corrected chi connectivity index (χ2v) is 7.81. The highest BCUT2D eigenvalue weighted by Crippen LogP contribution is 2.33. The zero-order chi connectivity index (χ0) is 20.0. The largest absolute Gasteiger partial charge is 0.347 e. The lowest BCUT2D eigenvalue weighted by molar-refractivity contribution is 0.0773. The minimum Gasteiger partial charge on any atom is -0.347 e. The molecule has 2 atom stereocenters. The van der Waals surface area contributed by atoms with Gasteiger partial charge in [0.15, 0.2) is 0 Å². The van der Waals surface area contributed by atoms with Crippen LogP contribution in [-0.4, -0.2) is 49.1 Å². The van der Waals surface area contributed by atoms with E-state index in [0.717, 1.165) is 17.9 Å². The van der Waals surface area contributed by atoms with Gasteiger partial charge in [-0.25, -0.2) is 0 Å². The number of aromatic nitrogens is 4. The van der Waals surface area contributed by atoms with Gasteiger partial charge in [-0.2, -0.15) is 0 Å². The van der Waals surface area contributed by atoms with Crippen molar-refractivity contribution in [2.24, 2.45) is 18.9 Å². The SMILES string of the molecule is Cn1cccc1C(=O)N1C[C@@H]2Cc3nnc(C(=O)Nc4ccccc4)n3C[C@@H]2C1. The van der Waals surface area contributed by atoms with E-state index in [1.54, 1.807) is 0 Å². The van der Waals surface area contributed by atoms with Gasteiger partial charge in [0.05, 0.1) is 0 Å². The first kappa shape index (κ1) is 17.7.